The molecule has 0 radical (unpaired) electrons. The van der Waals surface area contributed by atoms with E-state index in [9.17, 15) is 9.59 Å². The van der Waals surface area contributed by atoms with E-state index in [1.165, 1.54) is 13.0 Å². The van der Waals surface area contributed by atoms with Gasteiger partial charge in [0.05, 0.1) is 15.6 Å². The number of nitrogens with one attached hydrogen (secondary N) is 1. The Morgan fingerprint density at radius 1 is 1.09 bits per heavy atom. The Hall–Kier alpha value is -2.04. The topological polar surface area (TPSA) is 55.4 Å². The van der Waals surface area contributed by atoms with Crippen molar-refractivity contribution < 1.29 is 14.3 Å². The van der Waals surface area contributed by atoms with E-state index in [0.717, 1.165) is 5.56 Å². The Bertz CT molecular complexity index is 704. The molecule has 2 rings (SSSR count). The number of hydrogen-bond donors (Lipinski definition) is 1. The standard InChI is InChI=1S/C17H15Cl2NO3/c1-11(16(21)20-10-12-6-3-2-4-7-12)23-17(22)13-8-5-9-14(18)15(13)19/h2-9,11H,10H2,1H3,(H,20,21)/t11-/m0/s1. The summed E-state index contributed by atoms with van der Waals surface area (Å²) in [6, 6.07) is 14.1. The van der Waals surface area contributed by atoms with Crippen molar-refractivity contribution in [2.24, 2.45) is 0 Å². The zero-order valence-electron chi connectivity index (χ0n) is 12.4. The first-order valence-corrected chi connectivity index (χ1v) is 7.71. The average Bonchev–Trinajstić information content (AvgIpc) is 2.55. The second-order valence-electron chi connectivity index (χ2n) is 4.85. The highest BCUT2D eigenvalue weighted by Gasteiger charge is 2.21. The third-order valence-electron chi connectivity index (χ3n) is 3.13. The molecule has 2 aromatic carbocycles. The van der Waals surface area contributed by atoms with Crippen LogP contribution in [0.4, 0.5) is 0 Å². The molecule has 6 heteroatoms. The molecule has 0 aromatic heterocycles. The number of carbonyl (C=O) groups is 2. The van der Waals surface area contributed by atoms with Gasteiger partial charge in [-0.1, -0.05) is 59.6 Å². The molecule has 4 nitrogen and oxygen atoms in total. The maximum absolute atomic E-state index is 12.1. The zero-order chi connectivity index (χ0) is 16.8. The number of esters is 1. The molecular weight excluding hydrogens is 337 g/mol. The van der Waals surface area contributed by atoms with Gasteiger partial charge in [0.2, 0.25) is 0 Å². The van der Waals surface area contributed by atoms with Crippen LogP contribution in [0.15, 0.2) is 48.5 Å². The summed E-state index contributed by atoms with van der Waals surface area (Å²) in [5, 5.41) is 3.07. The number of carbonyl (C=O) groups excluding carboxylic acids is 2. The average molecular weight is 352 g/mol. The van der Waals surface area contributed by atoms with Crippen LogP contribution in [-0.2, 0) is 16.1 Å². The molecule has 0 heterocycles. The van der Waals surface area contributed by atoms with E-state index in [-0.39, 0.29) is 21.5 Å². The van der Waals surface area contributed by atoms with Gasteiger partial charge in [-0.15, -0.1) is 0 Å². The number of amides is 1. The summed E-state index contributed by atoms with van der Waals surface area (Å²) in [6.45, 7) is 1.86. The molecule has 0 saturated heterocycles. The molecule has 0 unspecified atom stereocenters. The first-order valence-electron chi connectivity index (χ1n) is 6.95. The van der Waals surface area contributed by atoms with Crippen molar-refractivity contribution in [2.75, 3.05) is 0 Å². The minimum atomic E-state index is -0.943. The second-order valence-corrected chi connectivity index (χ2v) is 5.64. The lowest BCUT2D eigenvalue weighted by atomic mass is 10.2. The zero-order valence-corrected chi connectivity index (χ0v) is 13.9. The molecule has 1 atom stereocenters. The molecule has 0 aliphatic carbocycles. The van der Waals surface area contributed by atoms with Crippen LogP contribution >= 0.6 is 23.2 Å². The Morgan fingerprint density at radius 2 is 1.78 bits per heavy atom. The Kier molecular flexibility index (Phi) is 6.02. The Labute approximate surface area is 144 Å². The first kappa shape index (κ1) is 17.3. The van der Waals surface area contributed by atoms with Crippen LogP contribution in [0, 0.1) is 0 Å². The van der Waals surface area contributed by atoms with E-state index >= 15 is 0 Å². The van der Waals surface area contributed by atoms with Crippen LogP contribution in [0.2, 0.25) is 10.0 Å². The number of ether oxygens (including phenoxy) is 1. The predicted molar refractivity (Wildman–Crippen MR) is 89.6 cm³/mol. The summed E-state index contributed by atoms with van der Waals surface area (Å²) < 4.78 is 5.13. The molecule has 0 fully saturated rings. The number of hydrogen-bond acceptors (Lipinski definition) is 3. The lowest BCUT2D eigenvalue weighted by Gasteiger charge is -2.14. The summed E-state index contributed by atoms with van der Waals surface area (Å²) in [5.74, 6) is -1.08. The highest BCUT2D eigenvalue weighted by molar-refractivity contribution is 6.43. The molecule has 0 aliphatic heterocycles. The second kappa shape index (κ2) is 7.99. The van der Waals surface area contributed by atoms with E-state index in [4.69, 9.17) is 27.9 Å². The third-order valence-corrected chi connectivity index (χ3v) is 3.95. The van der Waals surface area contributed by atoms with Crippen LogP contribution in [0.1, 0.15) is 22.8 Å². The Balaban J connectivity index is 1.92. The maximum Gasteiger partial charge on any atom is 0.340 e. The minimum absolute atomic E-state index is 0.107. The molecule has 23 heavy (non-hydrogen) atoms. The molecule has 0 spiro atoms. The fourth-order valence-electron chi connectivity index (χ4n) is 1.87. The number of benzene rings is 2. The van der Waals surface area contributed by atoms with Crippen molar-refractivity contribution in [3.63, 3.8) is 0 Å². The SMILES string of the molecule is C[C@H](OC(=O)c1cccc(Cl)c1Cl)C(=O)NCc1ccccc1. The summed E-state index contributed by atoms with van der Waals surface area (Å²) in [5.41, 5.74) is 1.08. The molecule has 1 N–H and O–H groups in total. The normalized spacial score (nSPS) is 11.6. The largest absolute Gasteiger partial charge is 0.449 e. The van der Waals surface area contributed by atoms with Crippen molar-refractivity contribution >= 4 is 35.1 Å². The van der Waals surface area contributed by atoms with Crippen molar-refractivity contribution in [3.05, 3.63) is 69.7 Å². The van der Waals surface area contributed by atoms with E-state index in [2.05, 4.69) is 5.32 Å². The van der Waals surface area contributed by atoms with E-state index in [1.807, 2.05) is 30.3 Å². The highest BCUT2D eigenvalue weighted by Crippen LogP contribution is 2.26. The summed E-state index contributed by atoms with van der Waals surface area (Å²) in [6.07, 6.45) is -0.943. The quantitative estimate of drug-likeness (QED) is 0.832. The smallest absolute Gasteiger partial charge is 0.340 e. The first-order chi connectivity index (χ1) is 11.0. The van der Waals surface area contributed by atoms with Crippen LogP contribution in [0.5, 0.6) is 0 Å². The molecule has 0 saturated carbocycles. The molecule has 2 aromatic rings. The van der Waals surface area contributed by atoms with Gasteiger partial charge in [0, 0.05) is 6.54 Å². The van der Waals surface area contributed by atoms with Crippen molar-refractivity contribution in [1.29, 1.82) is 0 Å². The van der Waals surface area contributed by atoms with Gasteiger partial charge in [-0.3, -0.25) is 4.79 Å². The highest BCUT2D eigenvalue weighted by atomic mass is 35.5. The lowest BCUT2D eigenvalue weighted by Crippen LogP contribution is -2.35. The number of rotatable bonds is 5. The molecule has 0 bridgehead atoms. The Morgan fingerprint density at radius 3 is 2.48 bits per heavy atom. The predicted octanol–water partition coefficient (Wildman–Crippen LogP) is 3.86. The van der Waals surface area contributed by atoms with Gasteiger partial charge in [-0.2, -0.15) is 0 Å². The fourth-order valence-corrected chi connectivity index (χ4v) is 2.25. The van der Waals surface area contributed by atoms with Crippen LogP contribution in [-0.4, -0.2) is 18.0 Å². The van der Waals surface area contributed by atoms with Crippen LogP contribution in [0.25, 0.3) is 0 Å². The van der Waals surface area contributed by atoms with E-state index < -0.39 is 12.1 Å². The lowest BCUT2D eigenvalue weighted by molar-refractivity contribution is -0.129. The minimum Gasteiger partial charge on any atom is -0.449 e. The van der Waals surface area contributed by atoms with Gasteiger partial charge in [-0.05, 0) is 24.6 Å². The van der Waals surface area contributed by atoms with Gasteiger partial charge in [0.1, 0.15) is 0 Å². The van der Waals surface area contributed by atoms with Crippen molar-refractivity contribution in [1.82, 2.24) is 5.32 Å². The summed E-state index contributed by atoms with van der Waals surface area (Å²) in [4.78, 5) is 24.0. The maximum atomic E-state index is 12.1. The van der Waals surface area contributed by atoms with Gasteiger partial charge < -0.3 is 10.1 Å². The van der Waals surface area contributed by atoms with Gasteiger partial charge in [-0.25, -0.2) is 4.79 Å². The molecular formula is C17H15Cl2NO3. The number of halogens is 2. The van der Waals surface area contributed by atoms with Gasteiger partial charge in [0.25, 0.3) is 5.91 Å². The van der Waals surface area contributed by atoms with Crippen molar-refractivity contribution in [2.45, 2.75) is 19.6 Å². The van der Waals surface area contributed by atoms with Crippen LogP contribution < -0.4 is 5.32 Å². The molecule has 0 aliphatic rings. The van der Waals surface area contributed by atoms with E-state index in [0.29, 0.717) is 6.54 Å². The van der Waals surface area contributed by atoms with Crippen LogP contribution in [0.3, 0.4) is 0 Å². The van der Waals surface area contributed by atoms with E-state index in [1.54, 1.807) is 12.1 Å². The fraction of sp³-hybridized carbons (Fsp3) is 0.176. The summed E-state index contributed by atoms with van der Waals surface area (Å²) >= 11 is 11.8. The molecule has 120 valence electrons. The monoisotopic (exact) mass is 351 g/mol. The summed E-state index contributed by atoms with van der Waals surface area (Å²) in [7, 11) is 0. The third kappa shape index (κ3) is 4.71. The molecule has 1 amide bonds. The van der Waals surface area contributed by atoms with Gasteiger partial charge >= 0.3 is 5.97 Å². The van der Waals surface area contributed by atoms with Gasteiger partial charge in [0.15, 0.2) is 6.10 Å². The van der Waals surface area contributed by atoms with Crippen molar-refractivity contribution in [3.8, 4) is 0 Å².